The number of anilines is 1. The van der Waals surface area contributed by atoms with Crippen LogP contribution in [0, 0.1) is 6.92 Å². The number of nitrogens with one attached hydrogen (secondary N) is 2. The van der Waals surface area contributed by atoms with Crippen molar-refractivity contribution in [3.63, 3.8) is 0 Å². The SMILES string of the molecule is CCNC(=NCCc1ccncc1C)NC1CC(=O)N(c2ccccc2)C1.I. The molecular weight excluding hydrogens is 465 g/mol. The average Bonchev–Trinajstić information content (AvgIpc) is 3.04. The predicted octanol–water partition coefficient (Wildman–Crippen LogP) is 2.91. The first-order chi connectivity index (χ1) is 13.2. The van der Waals surface area contributed by atoms with Gasteiger partial charge in [-0.2, -0.15) is 0 Å². The van der Waals surface area contributed by atoms with Crippen LogP contribution < -0.4 is 15.5 Å². The Morgan fingerprint density at radius 3 is 2.79 bits per heavy atom. The second-order valence-corrected chi connectivity index (χ2v) is 6.70. The van der Waals surface area contributed by atoms with Gasteiger partial charge in [0.25, 0.3) is 0 Å². The van der Waals surface area contributed by atoms with Gasteiger partial charge in [0.1, 0.15) is 0 Å². The number of benzene rings is 1. The second kappa shape index (κ2) is 11.0. The van der Waals surface area contributed by atoms with Gasteiger partial charge in [0.15, 0.2) is 5.96 Å². The molecule has 1 atom stereocenters. The zero-order chi connectivity index (χ0) is 19.1. The molecule has 1 amide bonds. The number of halogens is 1. The van der Waals surface area contributed by atoms with Crippen LogP contribution in [-0.4, -0.2) is 42.5 Å². The third-order valence-electron chi connectivity index (χ3n) is 4.67. The molecule has 150 valence electrons. The summed E-state index contributed by atoms with van der Waals surface area (Å²) in [4.78, 5) is 23.0. The topological polar surface area (TPSA) is 69.6 Å². The Balaban J connectivity index is 0.00000280. The van der Waals surface area contributed by atoms with Gasteiger partial charge in [0.2, 0.25) is 5.91 Å². The largest absolute Gasteiger partial charge is 0.357 e. The smallest absolute Gasteiger partial charge is 0.229 e. The van der Waals surface area contributed by atoms with Gasteiger partial charge < -0.3 is 15.5 Å². The van der Waals surface area contributed by atoms with E-state index in [-0.39, 0.29) is 35.9 Å². The summed E-state index contributed by atoms with van der Waals surface area (Å²) in [5, 5.41) is 6.69. The standard InChI is InChI=1S/C21H27N5O.HI/c1-3-23-21(24-12-10-17-9-11-22-14-16(17)2)25-18-13-20(27)26(15-18)19-7-5-4-6-8-19;/h4-9,11,14,18H,3,10,12-13,15H2,1-2H3,(H2,23,24,25);1H. The van der Waals surface area contributed by atoms with E-state index in [1.807, 2.05) is 60.6 Å². The van der Waals surface area contributed by atoms with Crippen LogP contribution in [-0.2, 0) is 11.2 Å². The number of carbonyl (C=O) groups is 1. The van der Waals surface area contributed by atoms with E-state index in [0.29, 0.717) is 19.5 Å². The average molecular weight is 493 g/mol. The number of amides is 1. The molecule has 0 aliphatic carbocycles. The Kier molecular flexibility index (Phi) is 8.69. The Hall–Kier alpha value is -2.16. The molecule has 1 aliphatic heterocycles. The van der Waals surface area contributed by atoms with E-state index in [2.05, 4.69) is 27.5 Å². The van der Waals surface area contributed by atoms with Gasteiger partial charge in [0, 0.05) is 44.1 Å². The maximum atomic E-state index is 12.4. The number of para-hydroxylation sites is 1. The summed E-state index contributed by atoms with van der Waals surface area (Å²) in [6.45, 7) is 6.22. The Bertz CT molecular complexity index is 796. The van der Waals surface area contributed by atoms with Crippen molar-refractivity contribution in [2.75, 3.05) is 24.5 Å². The number of aryl methyl sites for hydroxylation is 1. The van der Waals surface area contributed by atoms with Crippen LogP contribution in [0.2, 0.25) is 0 Å². The van der Waals surface area contributed by atoms with E-state index in [9.17, 15) is 4.79 Å². The van der Waals surface area contributed by atoms with Gasteiger partial charge in [0.05, 0.1) is 6.04 Å². The third-order valence-corrected chi connectivity index (χ3v) is 4.67. The highest BCUT2D eigenvalue weighted by Crippen LogP contribution is 2.20. The lowest BCUT2D eigenvalue weighted by molar-refractivity contribution is -0.117. The molecular formula is C21H28IN5O. The molecule has 1 aliphatic rings. The molecule has 2 aromatic rings. The third kappa shape index (κ3) is 5.92. The number of carbonyl (C=O) groups excluding carboxylic acids is 1. The fourth-order valence-electron chi connectivity index (χ4n) is 3.25. The summed E-state index contributed by atoms with van der Waals surface area (Å²) >= 11 is 0. The normalized spacial score (nSPS) is 16.6. The van der Waals surface area contributed by atoms with E-state index in [0.717, 1.165) is 24.6 Å². The molecule has 2 heterocycles. The van der Waals surface area contributed by atoms with Crippen molar-refractivity contribution >= 4 is 41.5 Å². The first kappa shape index (κ1) is 22.1. The number of aliphatic imine (C=N–C) groups is 1. The van der Waals surface area contributed by atoms with Gasteiger partial charge in [-0.25, -0.2) is 0 Å². The van der Waals surface area contributed by atoms with Crippen molar-refractivity contribution in [2.24, 2.45) is 4.99 Å². The van der Waals surface area contributed by atoms with Crippen LogP contribution in [0.1, 0.15) is 24.5 Å². The number of hydrogen-bond acceptors (Lipinski definition) is 3. The highest BCUT2D eigenvalue weighted by Gasteiger charge is 2.30. The van der Waals surface area contributed by atoms with Gasteiger partial charge in [-0.1, -0.05) is 18.2 Å². The molecule has 28 heavy (non-hydrogen) atoms. The minimum absolute atomic E-state index is 0. The maximum absolute atomic E-state index is 12.4. The molecule has 0 radical (unpaired) electrons. The molecule has 3 rings (SSSR count). The summed E-state index contributed by atoms with van der Waals surface area (Å²) in [5.41, 5.74) is 3.39. The minimum Gasteiger partial charge on any atom is -0.357 e. The van der Waals surface area contributed by atoms with Crippen molar-refractivity contribution in [1.29, 1.82) is 0 Å². The van der Waals surface area contributed by atoms with Gasteiger partial charge in [-0.3, -0.25) is 14.8 Å². The van der Waals surface area contributed by atoms with Crippen LogP contribution >= 0.6 is 24.0 Å². The Labute approximate surface area is 183 Å². The summed E-state index contributed by atoms with van der Waals surface area (Å²) in [7, 11) is 0. The second-order valence-electron chi connectivity index (χ2n) is 6.70. The molecule has 6 nitrogen and oxygen atoms in total. The Morgan fingerprint density at radius 2 is 2.07 bits per heavy atom. The van der Waals surface area contributed by atoms with E-state index in [1.54, 1.807) is 0 Å². The highest BCUT2D eigenvalue weighted by molar-refractivity contribution is 14.0. The number of guanidine groups is 1. The lowest BCUT2D eigenvalue weighted by Gasteiger charge is -2.19. The first-order valence-corrected chi connectivity index (χ1v) is 9.47. The number of aromatic nitrogens is 1. The van der Waals surface area contributed by atoms with Crippen molar-refractivity contribution < 1.29 is 4.79 Å². The molecule has 2 N–H and O–H groups in total. The fourth-order valence-corrected chi connectivity index (χ4v) is 3.25. The summed E-state index contributed by atoms with van der Waals surface area (Å²) < 4.78 is 0. The van der Waals surface area contributed by atoms with Crippen LogP contribution in [0.5, 0.6) is 0 Å². The molecule has 1 saturated heterocycles. The fraction of sp³-hybridized carbons (Fsp3) is 0.381. The van der Waals surface area contributed by atoms with E-state index in [1.165, 1.54) is 11.1 Å². The molecule has 0 bridgehead atoms. The first-order valence-electron chi connectivity index (χ1n) is 9.47. The summed E-state index contributed by atoms with van der Waals surface area (Å²) in [6, 6.07) is 11.9. The van der Waals surface area contributed by atoms with Gasteiger partial charge in [-0.05, 0) is 49.6 Å². The van der Waals surface area contributed by atoms with Crippen LogP contribution in [0.15, 0.2) is 53.8 Å². The number of nitrogens with zero attached hydrogens (tertiary/aromatic N) is 3. The maximum Gasteiger partial charge on any atom is 0.229 e. The van der Waals surface area contributed by atoms with Crippen molar-refractivity contribution in [2.45, 2.75) is 32.7 Å². The minimum atomic E-state index is 0. The van der Waals surface area contributed by atoms with Crippen molar-refractivity contribution in [3.05, 3.63) is 59.9 Å². The quantitative estimate of drug-likeness (QED) is 0.369. The molecule has 1 unspecified atom stereocenters. The molecule has 7 heteroatoms. The molecule has 0 spiro atoms. The van der Waals surface area contributed by atoms with Crippen molar-refractivity contribution in [1.82, 2.24) is 15.6 Å². The number of hydrogen-bond donors (Lipinski definition) is 2. The lowest BCUT2D eigenvalue weighted by Crippen LogP contribution is -2.44. The van der Waals surface area contributed by atoms with Crippen LogP contribution in [0.4, 0.5) is 5.69 Å². The predicted molar refractivity (Wildman–Crippen MR) is 124 cm³/mol. The van der Waals surface area contributed by atoms with Gasteiger partial charge >= 0.3 is 0 Å². The highest BCUT2D eigenvalue weighted by atomic mass is 127. The van der Waals surface area contributed by atoms with Gasteiger partial charge in [-0.15, -0.1) is 24.0 Å². The van der Waals surface area contributed by atoms with Crippen LogP contribution in [0.3, 0.4) is 0 Å². The monoisotopic (exact) mass is 493 g/mol. The van der Waals surface area contributed by atoms with E-state index >= 15 is 0 Å². The summed E-state index contributed by atoms with van der Waals surface area (Å²) in [6.07, 6.45) is 5.04. The Morgan fingerprint density at radius 1 is 1.29 bits per heavy atom. The van der Waals surface area contributed by atoms with Crippen LogP contribution in [0.25, 0.3) is 0 Å². The van der Waals surface area contributed by atoms with E-state index in [4.69, 9.17) is 0 Å². The lowest BCUT2D eigenvalue weighted by atomic mass is 10.1. The molecule has 1 aromatic carbocycles. The zero-order valence-electron chi connectivity index (χ0n) is 16.4. The van der Waals surface area contributed by atoms with E-state index < -0.39 is 0 Å². The molecule has 1 aromatic heterocycles. The molecule has 0 saturated carbocycles. The zero-order valence-corrected chi connectivity index (χ0v) is 18.7. The number of rotatable bonds is 6. The van der Waals surface area contributed by atoms with Crippen molar-refractivity contribution in [3.8, 4) is 0 Å². The molecule has 1 fully saturated rings. The summed E-state index contributed by atoms with van der Waals surface area (Å²) in [5.74, 6) is 0.902. The number of pyridine rings is 1.